The molecule has 0 spiro atoms. The molecule has 15 heteroatoms. The monoisotopic (exact) mass is 801 g/mol. The van der Waals surface area contributed by atoms with Crippen LogP contribution < -0.4 is 21.3 Å². The third-order valence-electron chi connectivity index (χ3n) is 11.8. The number of nitrogens with one attached hydrogen (secondary N) is 5. The van der Waals surface area contributed by atoms with Gasteiger partial charge in [0.15, 0.2) is 5.82 Å². The Hall–Kier alpha value is -5.15. The van der Waals surface area contributed by atoms with Gasteiger partial charge in [-0.25, -0.2) is 13.8 Å². The molecule has 0 saturated carbocycles. The minimum atomic E-state index is -0.726. The number of likely N-dealkylation sites (tertiary alicyclic amines) is 2. The summed E-state index contributed by atoms with van der Waals surface area (Å²) in [4.78, 5) is 66.3. The predicted octanol–water partition coefficient (Wildman–Crippen LogP) is 4.75. The third kappa shape index (κ3) is 8.65. The summed E-state index contributed by atoms with van der Waals surface area (Å²) in [5, 5.41) is 12.4. The Balaban J connectivity index is 1.39. The molecule has 2 aromatic heterocycles. The van der Waals surface area contributed by atoms with Crippen molar-refractivity contribution in [3.8, 4) is 11.5 Å². The first-order chi connectivity index (χ1) is 27.6. The zero-order valence-corrected chi connectivity index (χ0v) is 34.8. The molecular formula is C43H57F2N9O4. The highest BCUT2D eigenvalue weighted by Gasteiger charge is 2.38. The van der Waals surface area contributed by atoms with E-state index in [1.54, 1.807) is 58.8 Å². The molecule has 5 N–H and O–H groups in total. The zero-order chi connectivity index (χ0) is 42.0. The molecule has 0 bridgehead atoms. The van der Waals surface area contributed by atoms with E-state index in [2.05, 4.69) is 26.3 Å². The molecule has 5 atom stereocenters. The number of halogens is 2. The van der Waals surface area contributed by atoms with Crippen LogP contribution >= 0.6 is 0 Å². The van der Waals surface area contributed by atoms with Crippen molar-refractivity contribution >= 4 is 45.6 Å². The van der Waals surface area contributed by atoms with Crippen molar-refractivity contribution < 1.29 is 28.0 Å². The van der Waals surface area contributed by atoms with Crippen LogP contribution in [0, 0.1) is 17.6 Å². The molecule has 312 valence electrons. The first kappa shape index (κ1) is 42.5. The first-order valence-corrected chi connectivity index (χ1v) is 20.3. The number of hydrogen-bond acceptors (Lipinski definition) is 7. The van der Waals surface area contributed by atoms with E-state index in [1.165, 1.54) is 24.3 Å². The van der Waals surface area contributed by atoms with Gasteiger partial charge in [-0.2, -0.15) is 0 Å². The standard InChI is InChI=1S/C43H57F2N9O4/c1-23(2)36(50-40(55)25(5)46-7)42(57)52-17-9-11-29(52)21-32-31-15-13-27(44)19-33(31)48-38(32)39-49-34-20-28(45)14-16-35(34)54(39)22-30-12-10-18-53(30)43(58)37(24(3)4)51-41(56)26(6)47-8/h13-16,19-20,24-26,29-30,37,46-48H,9-12,17-18,21-22H2,1-8H3,(H,50,55)(H,51,56)/t25-,26-,29-,30-,37?/m0/s1. The quantitative estimate of drug-likeness (QED) is 0.115. The first-order valence-electron chi connectivity index (χ1n) is 20.3. The van der Waals surface area contributed by atoms with Gasteiger partial charge < -0.3 is 40.6 Å². The summed E-state index contributed by atoms with van der Waals surface area (Å²) in [5.74, 6) is -1.53. The Labute approximate surface area is 338 Å². The molecule has 6 rings (SSSR count). The highest BCUT2D eigenvalue weighted by atomic mass is 19.1. The van der Waals surface area contributed by atoms with Crippen LogP contribution in [0.15, 0.2) is 47.7 Å². The summed E-state index contributed by atoms with van der Waals surface area (Å²) in [6.45, 7) is 12.2. The fourth-order valence-corrected chi connectivity index (χ4v) is 8.19. The van der Waals surface area contributed by atoms with E-state index in [9.17, 15) is 28.0 Å². The smallest absolute Gasteiger partial charge is 0.270 e. The highest BCUT2D eigenvalue weighted by molar-refractivity contribution is 5.99. The highest BCUT2D eigenvalue weighted by Crippen LogP contribution is 2.37. The molecule has 2 aliphatic rings. The number of aromatic amines is 1. The number of carbonyl (C=O) groups excluding carboxylic acids is 4. The summed E-state index contributed by atoms with van der Waals surface area (Å²) in [6.07, 6.45) is 3.34. The Morgan fingerprint density at radius 1 is 0.862 bits per heavy atom. The Morgan fingerprint density at radius 3 is 2.17 bits per heavy atom. The molecule has 0 radical (unpaired) electrons. The molecule has 2 saturated heterocycles. The Morgan fingerprint density at radius 2 is 1.50 bits per heavy atom. The van der Waals surface area contributed by atoms with E-state index in [-0.39, 0.29) is 47.3 Å². The number of allylic oxidation sites excluding steroid dienone is 1. The van der Waals surface area contributed by atoms with E-state index >= 15 is 0 Å². The SMILES string of the molecule is CN[C@@H](C)C(=O)NC(C(=O)N1CCC[C@H]1Cc1c(-c2nc3cc(F)ccc3n2C[C@@H]2CCCN2C(=O)C(NC(=O)[C@H](C)NC)C(C)C)[nH]c2cc(F)ccc12)=C(C)C. The number of nitrogens with zero attached hydrogens (tertiary/aromatic N) is 4. The van der Waals surface area contributed by atoms with Crippen LogP contribution in [0.2, 0.25) is 0 Å². The van der Waals surface area contributed by atoms with Gasteiger partial charge >= 0.3 is 0 Å². The van der Waals surface area contributed by atoms with Crippen LogP contribution in [0.5, 0.6) is 0 Å². The van der Waals surface area contributed by atoms with Crippen molar-refractivity contribution in [3.05, 3.63) is 64.9 Å². The van der Waals surface area contributed by atoms with Gasteiger partial charge in [0.1, 0.15) is 23.4 Å². The van der Waals surface area contributed by atoms with Crippen LogP contribution in [-0.2, 0) is 32.1 Å². The Kier molecular flexibility index (Phi) is 13.0. The summed E-state index contributed by atoms with van der Waals surface area (Å²) < 4.78 is 31.6. The third-order valence-corrected chi connectivity index (χ3v) is 11.8. The lowest BCUT2D eigenvalue weighted by Crippen LogP contribution is -2.55. The van der Waals surface area contributed by atoms with Crippen molar-refractivity contribution in [2.45, 2.75) is 110 Å². The van der Waals surface area contributed by atoms with Crippen molar-refractivity contribution in [1.29, 1.82) is 0 Å². The maximum Gasteiger partial charge on any atom is 0.270 e. The van der Waals surface area contributed by atoms with Crippen LogP contribution in [0.4, 0.5) is 8.78 Å². The van der Waals surface area contributed by atoms with Gasteiger partial charge in [-0.05, 0) is 121 Å². The average molecular weight is 802 g/mol. The van der Waals surface area contributed by atoms with E-state index in [4.69, 9.17) is 4.98 Å². The maximum absolute atomic E-state index is 14.8. The fourth-order valence-electron chi connectivity index (χ4n) is 8.19. The number of hydrogen-bond donors (Lipinski definition) is 5. The van der Waals surface area contributed by atoms with E-state index in [1.807, 2.05) is 23.3 Å². The second-order valence-electron chi connectivity index (χ2n) is 16.3. The molecule has 2 aliphatic heterocycles. The molecule has 2 aromatic carbocycles. The molecule has 1 unspecified atom stereocenters. The lowest BCUT2D eigenvalue weighted by atomic mass is 9.99. The van der Waals surface area contributed by atoms with Crippen molar-refractivity contribution in [2.24, 2.45) is 5.92 Å². The lowest BCUT2D eigenvalue weighted by Gasteiger charge is -2.32. The summed E-state index contributed by atoms with van der Waals surface area (Å²) in [7, 11) is 3.37. The second-order valence-corrected chi connectivity index (χ2v) is 16.3. The predicted molar refractivity (Wildman–Crippen MR) is 220 cm³/mol. The van der Waals surface area contributed by atoms with Crippen molar-refractivity contribution in [3.63, 3.8) is 0 Å². The fraction of sp³-hybridized carbons (Fsp3) is 0.512. The molecule has 4 heterocycles. The molecule has 58 heavy (non-hydrogen) atoms. The normalized spacial score (nSPS) is 18.5. The molecule has 2 fully saturated rings. The number of rotatable bonds is 14. The van der Waals surface area contributed by atoms with Crippen molar-refractivity contribution in [1.82, 2.24) is 45.6 Å². The zero-order valence-electron chi connectivity index (χ0n) is 34.8. The van der Waals surface area contributed by atoms with Crippen LogP contribution in [0.25, 0.3) is 33.5 Å². The van der Waals surface area contributed by atoms with Gasteiger partial charge in [-0.3, -0.25) is 19.2 Å². The van der Waals surface area contributed by atoms with E-state index in [0.29, 0.717) is 72.5 Å². The topological polar surface area (TPSA) is 156 Å². The van der Waals surface area contributed by atoms with Gasteiger partial charge in [0.25, 0.3) is 5.91 Å². The summed E-state index contributed by atoms with van der Waals surface area (Å²) in [5.41, 5.74) is 4.00. The van der Waals surface area contributed by atoms with Crippen LogP contribution in [0.3, 0.4) is 0 Å². The number of imidazole rings is 1. The minimum Gasteiger partial charge on any atom is -0.352 e. The number of fused-ring (bicyclic) bond motifs is 2. The molecule has 0 aliphatic carbocycles. The average Bonchev–Trinajstić information content (AvgIpc) is 4.00. The van der Waals surface area contributed by atoms with Gasteiger partial charge in [-0.1, -0.05) is 13.8 Å². The number of aromatic nitrogens is 3. The number of amides is 4. The molecule has 4 aromatic rings. The largest absolute Gasteiger partial charge is 0.352 e. The Bertz CT molecular complexity index is 2230. The van der Waals surface area contributed by atoms with E-state index < -0.39 is 29.8 Å². The van der Waals surface area contributed by atoms with Crippen LogP contribution in [-0.4, -0.2) is 105 Å². The molecule has 4 amide bonds. The number of H-pyrrole nitrogens is 1. The van der Waals surface area contributed by atoms with Gasteiger partial charge in [-0.15, -0.1) is 0 Å². The molecular weight excluding hydrogens is 745 g/mol. The summed E-state index contributed by atoms with van der Waals surface area (Å²) in [6, 6.07) is 6.79. The van der Waals surface area contributed by atoms with Crippen LogP contribution in [0.1, 0.15) is 72.8 Å². The van der Waals surface area contributed by atoms with Gasteiger partial charge in [0.2, 0.25) is 17.7 Å². The molecule has 13 nitrogen and oxygen atoms in total. The second kappa shape index (κ2) is 17.8. The van der Waals surface area contributed by atoms with Gasteiger partial charge in [0, 0.05) is 48.7 Å². The minimum absolute atomic E-state index is 0.160. The summed E-state index contributed by atoms with van der Waals surface area (Å²) >= 11 is 0. The number of benzene rings is 2. The maximum atomic E-state index is 14.8. The number of likely N-dealkylation sites (N-methyl/N-ethyl adjacent to an activating group) is 2. The van der Waals surface area contributed by atoms with E-state index in [0.717, 1.165) is 23.8 Å². The van der Waals surface area contributed by atoms with Crippen molar-refractivity contribution in [2.75, 3.05) is 27.2 Å². The lowest BCUT2D eigenvalue weighted by molar-refractivity contribution is -0.139. The van der Waals surface area contributed by atoms with Gasteiger partial charge in [0.05, 0.1) is 28.8 Å². The number of carbonyl (C=O) groups is 4.